The molecule has 3 N–H and O–H groups in total. The Kier molecular flexibility index (Phi) is 10.7. The molecule has 5 rings (SSSR count). The van der Waals surface area contributed by atoms with Gasteiger partial charge >= 0.3 is 24.3 Å². The molecule has 1 aromatic heterocycles. The number of alkyl halides is 3. The van der Waals surface area contributed by atoms with Crippen molar-refractivity contribution in [2.75, 3.05) is 18.4 Å². The average molecular weight is 627 g/mol. The fourth-order valence-electron chi connectivity index (χ4n) is 4.94. The van der Waals surface area contributed by atoms with E-state index in [1.165, 1.54) is 0 Å². The van der Waals surface area contributed by atoms with Crippen LogP contribution < -0.4 is 10.1 Å². The largest absolute Gasteiger partial charge is 0.511 e. The number of urea groups is 1. The molecule has 1 aliphatic heterocycles. The van der Waals surface area contributed by atoms with Gasteiger partial charge in [-0.2, -0.15) is 13.2 Å². The van der Waals surface area contributed by atoms with E-state index in [9.17, 15) is 22.8 Å². The summed E-state index contributed by atoms with van der Waals surface area (Å²) < 4.78 is 38.9. The Morgan fingerprint density at radius 2 is 1.64 bits per heavy atom. The molecule has 3 aromatic carbocycles. The van der Waals surface area contributed by atoms with Crippen molar-refractivity contribution in [2.24, 2.45) is 0 Å². The minimum absolute atomic E-state index is 0.0538. The van der Waals surface area contributed by atoms with E-state index in [-0.39, 0.29) is 6.03 Å². The van der Waals surface area contributed by atoms with Gasteiger partial charge in [-0.1, -0.05) is 55.8 Å². The quantitative estimate of drug-likeness (QED) is 0.137. The molecule has 4 aromatic rings. The lowest BCUT2D eigenvalue weighted by Crippen LogP contribution is -2.32. The van der Waals surface area contributed by atoms with Gasteiger partial charge in [-0.25, -0.2) is 19.4 Å². The maximum atomic E-state index is 12.7. The highest BCUT2D eigenvalue weighted by atomic mass is 19.4. The number of ether oxygens (including phenoxy) is 1. The summed E-state index contributed by atoms with van der Waals surface area (Å²) in [5.74, 6) is -1.43. The molecule has 0 spiro atoms. The molecule has 0 bridgehead atoms. The van der Waals surface area contributed by atoms with E-state index in [2.05, 4.69) is 16.8 Å². The molecule has 1 fully saturated rings. The number of nitrogens with zero attached hydrogens (tertiary/aromatic N) is 3. The van der Waals surface area contributed by atoms with E-state index < -0.39 is 18.3 Å². The van der Waals surface area contributed by atoms with Crippen LogP contribution in [-0.4, -0.2) is 62.1 Å². The fourth-order valence-corrected chi connectivity index (χ4v) is 4.94. The summed E-state index contributed by atoms with van der Waals surface area (Å²) in [6.45, 7) is 4.41. The van der Waals surface area contributed by atoms with Gasteiger partial charge in [-0.3, -0.25) is 0 Å². The first kappa shape index (κ1) is 32.8. The minimum atomic E-state index is -5.08. The highest BCUT2D eigenvalue weighted by Gasteiger charge is 2.38. The topological polar surface area (TPSA) is 134 Å². The van der Waals surface area contributed by atoms with Crippen LogP contribution in [0.5, 0.6) is 5.75 Å². The van der Waals surface area contributed by atoms with Gasteiger partial charge in [-0.05, 0) is 54.7 Å². The number of aliphatic carboxylic acids is 1. The lowest BCUT2D eigenvalue weighted by atomic mass is 10.0. The zero-order chi connectivity index (χ0) is 32.6. The van der Waals surface area contributed by atoms with E-state index in [0.29, 0.717) is 12.3 Å². The van der Waals surface area contributed by atoms with Crippen LogP contribution in [0.1, 0.15) is 44.0 Å². The van der Waals surface area contributed by atoms with E-state index >= 15 is 0 Å². The molecule has 0 aliphatic carbocycles. The highest BCUT2D eigenvalue weighted by Crippen LogP contribution is 2.31. The standard InChI is InChI=1S/C30H32N4O4.C2HF3O2/c1-2-3-10-28-32-25-16-15-23(31-29(35)33-17-6-7-18-33)19-26(25)34(28)20-21-11-13-22(14-12-21)24-8-4-5-9-27(24)38-30(36)37;3-2(4,5)1(6)7/h4-5,8-9,11-16,19H,2-3,6-7,10,17-18,20H2,1H3,(H,31,35)(H,36,37);(H,6,7). The van der Waals surface area contributed by atoms with Gasteiger partial charge in [0.15, 0.2) is 0 Å². The van der Waals surface area contributed by atoms with Crippen molar-refractivity contribution in [3.8, 4) is 16.9 Å². The molecule has 45 heavy (non-hydrogen) atoms. The van der Waals surface area contributed by atoms with Crippen molar-refractivity contribution in [1.82, 2.24) is 14.5 Å². The zero-order valence-corrected chi connectivity index (χ0v) is 24.5. The van der Waals surface area contributed by atoms with E-state index in [1.807, 2.05) is 59.5 Å². The number of carboxylic acids is 1. The Bertz CT molecular complexity index is 1650. The first-order valence-corrected chi connectivity index (χ1v) is 14.4. The summed E-state index contributed by atoms with van der Waals surface area (Å²) in [6.07, 6.45) is -1.32. The highest BCUT2D eigenvalue weighted by molar-refractivity contribution is 5.92. The molecular weight excluding hydrogens is 593 g/mol. The molecule has 0 atom stereocenters. The second-order valence-electron chi connectivity index (χ2n) is 10.4. The minimum Gasteiger partial charge on any atom is -0.475 e. The molecule has 2 amide bonds. The van der Waals surface area contributed by atoms with Crippen LogP contribution in [0.15, 0.2) is 66.7 Å². The third kappa shape index (κ3) is 8.74. The molecule has 1 aliphatic rings. The summed E-state index contributed by atoms with van der Waals surface area (Å²) in [6, 6.07) is 21.0. The molecule has 2 heterocycles. The van der Waals surface area contributed by atoms with Crippen LogP contribution in [0.2, 0.25) is 0 Å². The molecule has 238 valence electrons. The van der Waals surface area contributed by atoms with Gasteiger partial charge < -0.3 is 29.7 Å². The predicted molar refractivity (Wildman–Crippen MR) is 161 cm³/mol. The Hall–Kier alpha value is -5.07. The second kappa shape index (κ2) is 14.6. The number of rotatable bonds is 8. The number of halogens is 3. The first-order chi connectivity index (χ1) is 21.5. The van der Waals surface area contributed by atoms with Crippen molar-refractivity contribution in [2.45, 2.75) is 51.7 Å². The number of anilines is 1. The van der Waals surface area contributed by atoms with Crippen molar-refractivity contribution in [1.29, 1.82) is 0 Å². The number of hydrogen-bond acceptors (Lipinski definition) is 5. The van der Waals surface area contributed by atoms with Crippen LogP contribution >= 0.6 is 0 Å². The lowest BCUT2D eigenvalue weighted by Gasteiger charge is -2.16. The van der Waals surface area contributed by atoms with Crippen molar-refractivity contribution >= 4 is 34.9 Å². The summed E-state index contributed by atoms with van der Waals surface area (Å²) in [7, 11) is 0. The lowest BCUT2D eigenvalue weighted by molar-refractivity contribution is -0.192. The molecule has 0 radical (unpaired) electrons. The maximum absolute atomic E-state index is 12.7. The van der Waals surface area contributed by atoms with Crippen molar-refractivity contribution in [3.05, 3.63) is 78.1 Å². The summed E-state index contributed by atoms with van der Waals surface area (Å²) in [5.41, 5.74) is 5.35. The monoisotopic (exact) mass is 626 g/mol. The SMILES string of the molecule is CCCCc1nc2ccc(NC(=O)N3CCCC3)cc2n1Cc1ccc(-c2ccccc2OC(=O)O)cc1.O=C(O)C(F)(F)F. The maximum Gasteiger partial charge on any atom is 0.511 e. The molecule has 10 nitrogen and oxygen atoms in total. The van der Waals surface area contributed by atoms with Crippen LogP contribution in [0.4, 0.5) is 28.4 Å². The number of hydrogen-bond donors (Lipinski definition) is 3. The van der Waals surface area contributed by atoms with Gasteiger partial charge in [0.1, 0.15) is 11.6 Å². The fraction of sp³-hybridized carbons (Fsp3) is 0.312. The number of fused-ring (bicyclic) bond motifs is 1. The van der Waals surface area contributed by atoms with Crippen LogP contribution in [0.25, 0.3) is 22.2 Å². The normalized spacial score (nSPS) is 12.8. The molecule has 13 heteroatoms. The Labute approximate surface area is 257 Å². The van der Waals surface area contributed by atoms with E-state index in [1.54, 1.807) is 12.1 Å². The third-order valence-electron chi connectivity index (χ3n) is 7.16. The van der Waals surface area contributed by atoms with Gasteiger partial charge in [0.25, 0.3) is 0 Å². The molecule has 1 saturated heterocycles. The number of amides is 2. The Balaban J connectivity index is 0.000000591. The number of para-hydroxylation sites is 1. The van der Waals surface area contributed by atoms with Gasteiger partial charge in [0.05, 0.1) is 11.0 Å². The number of aromatic nitrogens is 2. The number of nitrogens with one attached hydrogen (secondary N) is 1. The van der Waals surface area contributed by atoms with E-state index in [0.717, 1.165) is 84.4 Å². The van der Waals surface area contributed by atoms with Crippen LogP contribution in [0, 0.1) is 0 Å². The zero-order valence-electron chi connectivity index (χ0n) is 24.5. The number of unbranched alkanes of at least 4 members (excludes halogenated alkanes) is 1. The van der Waals surface area contributed by atoms with Crippen LogP contribution in [0.3, 0.4) is 0 Å². The van der Waals surface area contributed by atoms with Gasteiger partial charge in [0, 0.05) is 37.3 Å². The molecule has 0 unspecified atom stereocenters. The number of imidazole rings is 1. The average Bonchev–Trinajstić information content (AvgIpc) is 3.65. The molecular formula is C32H33F3N4O6. The number of carbonyl (C=O) groups excluding carboxylic acids is 1. The van der Waals surface area contributed by atoms with Crippen molar-refractivity contribution in [3.63, 3.8) is 0 Å². The number of carboxylic acid groups (broad SMARTS) is 2. The van der Waals surface area contributed by atoms with Gasteiger partial charge in [0.2, 0.25) is 0 Å². The summed E-state index contributed by atoms with van der Waals surface area (Å²) in [4.78, 5) is 39.4. The number of aryl methyl sites for hydroxylation is 1. The summed E-state index contributed by atoms with van der Waals surface area (Å²) >= 11 is 0. The van der Waals surface area contributed by atoms with Gasteiger partial charge in [-0.15, -0.1) is 0 Å². The smallest absolute Gasteiger partial charge is 0.475 e. The van der Waals surface area contributed by atoms with E-state index in [4.69, 9.17) is 24.7 Å². The van der Waals surface area contributed by atoms with Crippen LogP contribution in [-0.2, 0) is 17.8 Å². The Morgan fingerprint density at radius 3 is 2.27 bits per heavy atom. The number of carbonyl (C=O) groups is 3. The molecule has 0 saturated carbocycles. The first-order valence-electron chi connectivity index (χ1n) is 14.4. The third-order valence-corrected chi connectivity index (χ3v) is 7.16. The number of benzene rings is 3. The Morgan fingerprint density at radius 1 is 0.978 bits per heavy atom. The second-order valence-corrected chi connectivity index (χ2v) is 10.4. The van der Waals surface area contributed by atoms with Crippen molar-refractivity contribution < 1.29 is 42.5 Å². The number of likely N-dealkylation sites (tertiary alicyclic amines) is 1. The summed E-state index contributed by atoms with van der Waals surface area (Å²) in [5, 5.41) is 19.2. The predicted octanol–water partition coefficient (Wildman–Crippen LogP) is 7.41.